The average molecular weight is 527 g/mol. The predicted molar refractivity (Wildman–Crippen MR) is 129 cm³/mol. The average Bonchev–Trinajstić information content (AvgIpc) is 2.92. The minimum absolute atomic E-state index is 0.00457. The monoisotopic (exact) mass is 527 g/mol. The van der Waals surface area contributed by atoms with Crippen molar-refractivity contribution in [3.8, 4) is 17.4 Å². The first-order chi connectivity index (χ1) is 18.3. The number of pyridine rings is 1. The molecule has 38 heavy (non-hydrogen) atoms. The second-order valence-electron chi connectivity index (χ2n) is 8.89. The zero-order chi connectivity index (χ0) is 26.7. The van der Waals surface area contributed by atoms with Gasteiger partial charge in [-0.15, -0.1) is 0 Å². The van der Waals surface area contributed by atoms with Gasteiger partial charge in [-0.05, 0) is 29.8 Å². The van der Waals surface area contributed by atoms with Crippen molar-refractivity contribution in [3.05, 3.63) is 83.6 Å². The summed E-state index contributed by atoms with van der Waals surface area (Å²) in [6, 6.07) is 16.1. The third kappa shape index (κ3) is 5.66. The first kappa shape index (κ1) is 25.4. The van der Waals surface area contributed by atoms with Gasteiger partial charge in [0.25, 0.3) is 0 Å². The Hall–Kier alpha value is -4.28. The van der Waals surface area contributed by atoms with Crippen LogP contribution in [0.25, 0.3) is 0 Å². The number of aromatic nitrogens is 1. The van der Waals surface area contributed by atoms with Crippen molar-refractivity contribution in [2.75, 3.05) is 26.2 Å². The Balaban J connectivity index is 1.24. The minimum atomic E-state index is -4.49. The molecule has 0 radical (unpaired) electrons. The first-order valence-electron chi connectivity index (χ1n) is 12.0. The zero-order valence-electron chi connectivity index (χ0n) is 20.2. The summed E-state index contributed by atoms with van der Waals surface area (Å²) < 4.78 is 55.2. The van der Waals surface area contributed by atoms with Crippen molar-refractivity contribution >= 4 is 12.0 Å². The molecule has 2 aliphatic rings. The lowest BCUT2D eigenvalue weighted by Crippen LogP contribution is -2.53. The van der Waals surface area contributed by atoms with Gasteiger partial charge in [0.05, 0.1) is 18.2 Å². The molecule has 0 aliphatic carbocycles. The number of fused-ring (bicyclic) bond motifs is 1. The molecule has 2 amide bonds. The van der Waals surface area contributed by atoms with Crippen molar-refractivity contribution in [1.29, 1.82) is 0 Å². The Labute approximate surface area is 216 Å². The molecule has 2 aromatic carbocycles. The molecule has 3 heterocycles. The number of amides is 2. The van der Waals surface area contributed by atoms with Gasteiger partial charge in [-0.3, -0.25) is 9.69 Å². The van der Waals surface area contributed by atoms with Gasteiger partial charge in [-0.25, -0.2) is 9.78 Å². The summed E-state index contributed by atoms with van der Waals surface area (Å²) in [5.74, 6) is 0.722. The van der Waals surface area contributed by atoms with E-state index in [1.54, 1.807) is 23.1 Å². The third-order valence-corrected chi connectivity index (χ3v) is 6.37. The number of carbonyl (C=O) groups is 2. The van der Waals surface area contributed by atoms with E-state index in [4.69, 9.17) is 14.2 Å². The maximum absolute atomic E-state index is 13.1. The Bertz CT molecular complexity index is 1300. The molecule has 0 bridgehead atoms. The van der Waals surface area contributed by atoms with Crippen molar-refractivity contribution in [2.45, 2.75) is 25.2 Å². The smallest absolute Gasteiger partial charge is 0.417 e. The minimum Gasteiger partial charge on any atom is -0.493 e. The molecule has 8 nitrogen and oxygen atoms in total. The molecule has 1 unspecified atom stereocenters. The number of piperazine rings is 1. The van der Waals surface area contributed by atoms with Crippen LogP contribution in [0.15, 0.2) is 66.9 Å². The van der Waals surface area contributed by atoms with Crippen LogP contribution in [0.1, 0.15) is 29.2 Å². The summed E-state index contributed by atoms with van der Waals surface area (Å²) in [5, 5.41) is 0. The van der Waals surface area contributed by atoms with Gasteiger partial charge in [0.1, 0.15) is 24.7 Å². The zero-order valence-corrected chi connectivity index (χ0v) is 20.2. The van der Waals surface area contributed by atoms with Crippen LogP contribution >= 0.6 is 0 Å². The van der Waals surface area contributed by atoms with Crippen LogP contribution in [0.4, 0.5) is 18.0 Å². The van der Waals surface area contributed by atoms with Crippen molar-refractivity contribution in [1.82, 2.24) is 14.8 Å². The quantitative estimate of drug-likeness (QED) is 0.454. The summed E-state index contributed by atoms with van der Waals surface area (Å²) in [6.07, 6.45) is -3.78. The molecule has 0 saturated carbocycles. The lowest BCUT2D eigenvalue weighted by atomic mass is 9.97. The number of hydrogen-bond acceptors (Lipinski definition) is 6. The van der Waals surface area contributed by atoms with E-state index in [-0.39, 0.29) is 31.0 Å². The van der Waals surface area contributed by atoms with E-state index in [2.05, 4.69) is 4.98 Å². The van der Waals surface area contributed by atoms with Crippen molar-refractivity contribution in [3.63, 3.8) is 0 Å². The van der Waals surface area contributed by atoms with Gasteiger partial charge >= 0.3 is 12.3 Å². The highest BCUT2D eigenvalue weighted by atomic mass is 19.4. The summed E-state index contributed by atoms with van der Waals surface area (Å²) in [4.78, 5) is 32.4. The van der Waals surface area contributed by atoms with Crippen LogP contribution in [0.3, 0.4) is 0 Å². The Morgan fingerprint density at radius 2 is 1.89 bits per heavy atom. The maximum Gasteiger partial charge on any atom is 0.417 e. The molecule has 1 atom stereocenters. The molecular formula is C27H24F3N3O5. The summed E-state index contributed by atoms with van der Waals surface area (Å²) in [7, 11) is 0. The Morgan fingerprint density at radius 1 is 1.08 bits per heavy atom. The third-order valence-electron chi connectivity index (χ3n) is 6.37. The second-order valence-corrected chi connectivity index (χ2v) is 8.89. The molecule has 1 saturated heterocycles. The topological polar surface area (TPSA) is 81.2 Å². The SMILES string of the molecule is O=C(OCc1ccccc1)N1CCN(C2CCOc3ccc(Oc4ccc(C(F)(F)F)cn4)cc32)C(=O)C1. The van der Waals surface area contributed by atoms with Crippen LogP contribution in [0.2, 0.25) is 0 Å². The number of ether oxygens (including phenoxy) is 3. The summed E-state index contributed by atoms with van der Waals surface area (Å²) in [5.41, 5.74) is 0.702. The normalized spacial score (nSPS) is 17.4. The molecule has 2 aliphatic heterocycles. The van der Waals surface area contributed by atoms with E-state index in [0.29, 0.717) is 49.4 Å². The van der Waals surface area contributed by atoms with E-state index < -0.39 is 17.8 Å². The highest BCUT2D eigenvalue weighted by molar-refractivity contribution is 5.84. The van der Waals surface area contributed by atoms with Crippen molar-refractivity contribution in [2.24, 2.45) is 0 Å². The van der Waals surface area contributed by atoms with Gasteiger partial charge < -0.3 is 19.1 Å². The molecule has 1 fully saturated rings. The first-order valence-corrected chi connectivity index (χ1v) is 12.0. The largest absolute Gasteiger partial charge is 0.493 e. The highest BCUT2D eigenvalue weighted by Gasteiger charge is 2.36. The number of benzene rings is 2. The number of halogens is 3. The molecular weight excluding hydrogens is 503 g/mol. The van der Waals surface area contributed by atoms with E-state index in [1.165, 1.54) is 4.90 Å². The molecule has 0 N–H and O–H groups in total. The van der Waals surface area contributed by atoms with Crippen LogP contribution in [-0.2, 0) is 22.3 Å². The fraction of sp³-hybridized carbons (Fsp3) is 0.296. The lowest BCUT2D eigenvalue weighted by molar-refractivity contribution is -0.139. The number of alkyl halides is 3. The van der Waals surface area contributed by atoms with Crippen LogP contribution < -0.4 is 9.47 Å². The molecule has 0 spiro atoms. The summed E-state index contributed by atoms with van der Waals surface area (Å²) >= 11 is 0. The molecule has 5 rings (SSSR count). The Morgan fingerprint density at radius 3 is 2.61 bits per heavy atom. The fourth-order valence-corrected chi connectivity index (χ4v) is 4.45. The predicted octanol–water partition coefficient (Wildman–Crippen LogP) is 5.20. The van der Waals surface area contributed by atoms with E-state index in [1.807, 2.05) is 30.3 Å². The van der Waals surface area contributed by atoms with Crippen LogP contribution in [-0.4, -0.2) is 53.0 Å². The molecule has 11 heteroatoms. The summed E-state index contributed by atoms with van der Waals surface area (Å²) in [6.45, 7) is 1.06. The lowest BCUT2D eigenvalue weighted by Gasteiger charge is -2.40. The molecule has 198 valence electrons. The number of carbonyl (C=O) groups excluding carboxylic acids is 2. The molecule has 1 aromatic heterocycles. The van der Waals surface area contributed by atoms with Gasteiger partial charge in [0.2, 0.25) is 11.8 Å². The Kier molecular flexibility index (Phi) is 7.08. The fourth-order valence-electron chi connectivity index (χ4n) is 4.45. The van der Waals surface area contributed by atoms with Gasteiger partial charge in [-0.1, -0.05) is 30.3 Å². The van der Waals surface area contributed by atoms with E-state index in [9.17, 15) is 22.8 Å². The van der Waals surface area contributed by atoms with Gasteiger partial charge in [0.15, 0.2) is 0 Å². The highest BCUT2D eigenvalue weighted by Crippen LogP contribution is 2.40. The van der Waals surface area contributed by atoms with Gasteiger partial charge in [0, 0.05) is 37.3 Å². The second kappa shape index (κ2) is 10.6. The molecule has 3 aromatic rings. The number of hydrogen-bond donors (Lipinski definition) is 0. The van der Waals surface area contributed by atoms with E-state index >= 15 is 0 Å². The van der Waals surface area contributed by atoms with Crippen LogP contribution in [0, 0.1) is 0 Å². The number of rotatable bonds is 5. The standard InChI is InChI=1S/C27H24F3N3O5/c28-27(29,30)19-6-9-24(31-15-19)38-20-7-8-23-21(14-20)22(10-13-36-23)33-12-11-32(16-25(33)34)26(35)37-17-18-4-2-1-3-5-18/h1-9,14-15,22H,10-13,16-17H2. The van der Waals surface area contributed by atoms with Crippen molar-refractivity contribution < 1.29 is 37.0 Å². The van der Waals surface area contributed by atoms with E-state index in [0.717, 1.165) is 17.7 Å². The van der Waals surface area contributed by atoms with Crippen LogP contribution in [0.5, 0.6) is 17.4 Å². The maximum atomic E-state index is 13.1. The number of nitrogens with zero attached hydrogens (tertiary/aromatic N) is 3. The van der Waals surface area contributed by atoms with Gasteiger partial charge in [-0.2, -0.15) is 13.2 Å².